The van der Waals surface area contributed by atoms with E-state index in [0.29, 0.717) is 6.04 Å². The van der Waals surface area contributed by atoms with Crippen LogP contribution in [0.2, 0.25) is 0 Å². The summed E-state index contributed by atoms with van der Waals surface area (Å²) in [4.78, 5) is 1.52. The molecule has 98 valence electrons. The third-order valence-corrected chi connectivity index (χ3v) is 5.20. The molecule has 0 radical (unpaired) electrons. The van der Waals surface area contributed by atoms with Crippen molar-refractivity contribution in [2.24, 2.45) is 5.92 Å². The molecule has 1 nitrogen and oxygen atoms in total. The molecule has 1 rings (SSSR count). The average Bonchev–Trinajstić information content (AvgIpc) is 2.69. The van der Waals surface area contributed by atoms with Gasteiger partial charge in [0.2, 0.25) is 0 Å². The molecule has 0 bridgehead atoms. The highest BCUT2D eigenvalue weighted by Crippen LogP contribution is 2.27. The fraction of sp³-hybridized carbons (Fsp3) is 0.714. The molecular formula is C14H25NS2. The summed E-state index contributed by atoms with van der Waals surface area (Å²) in [5.41, 5.74) is 1.44. The van der Waals surface area contributed by atoms with Crippen LogP contribution in [0.4, 0.5) is 0 Å². The molecule has 0 aliphatic rings. The summed E-state index contributed by atoms with van der Waals surface area (Å²) < 4.78 is 0. The topological polar surface area (TPSA) is 12.0 Å². The summed E-state index contributed by atoms with van der Waals surface area (Å²) in [6.45, 7) is 10.1. The van der Waals surface area contributed by atoms with Gasteiger partial charge in [0.1, 0.15) is 0 Å². The van der Waals surface area contributed by atoms with Gasteiger partial charge in [0.15, 0.2) is 0 Å². The zero-order valence-corrected chi connectivity index (χ0v) is 13.1. The van der Waals surface area contributed by atoms with Crippen molar-refractivity contribution >= 4 is 23.1 Å². The van der Waals surface area contributed by atoms with E-state index < -0.39 is 0 Å². The molecule has 1 unspecified atom stereocenters. The zero-order chi connectivity index (χ0) is 12.7. The molecule has 1 atom stereocenters. The predicted molar refractivity (Wildman–Crippen MR) is 82.3 cm³/mol. The lowest BCUT2D eigenvalue weighted by Gasteiger charge is -2.18. The van der Waals surface area contributed by atoms with Crippen molar-refractivity contribution in [2.45, 2.75) is 40.2 Å². The van der Waals surface area contributed by atoms with Crippen LogP contribution in [0.1, 0.15) is 43.7 Å². The van der Waals surface area contributed by atoms with E-state index in [4.69, 9.17) is 0 Å². The van der Waals surface area contributed by atoms with Crippen LogP contribution in [0.5, 0.6) is 0 Å². The third-order valence-electron chi connectivity index (χ3n) is 2.59. The van der Waals surface area contributed by atoms with Gasteiger partial charge >= 0.3 is 0 Å². The Morgan fingerprint density at radius 2 is 2.12 bits per heavy atom. The molecule has 0 amide bonds. The second-order valence-corrected chi connectivity index (χ2v) is 6.93. The number of nitrogens with one attached hydrogen (secondary N) is 1. The van der Waals surface area contributed by atoms with Gasteiger partial charge in [-0.25, -0.2) is 0 Å². The van der Waals surface area contributed by atoms with Gasteiger partial charge in [0, 0.05) is 10.6 Å². The van der Waals surface area contributed by atoms with Crippen molar-refractivity contribution in [1.29, 1.82) is 0 Å². The van der Waals surface area contributed by atoms with Gasteiger partial charge in [-0.15, -0.1) is 11.3 Å². The van der Waals surface area contributed by atoms with E-state index in [1.165, 1.54) is 28.4 Å². The minimum absolute atomic E-state index is 0.540. The summed E-state index contributed by atoms with van der Waals surface area (Å²) in [7, 11) is 0. The number of rotatable bonds is 8. The van der Waals surface area contributed by atoms with Crippen molar-refractivity contribution in [3.05, 3.63) is 21.9 Å². The third kappa shape index (κ3) is 5.45. The Labute approximate surface area is 114 Å². The Kier molecular flexibility index (Phi) is 7.24. The van der Waals surface area contributed by atoms with E-state index in [9.17, 15) is 0 Å². The van der Waals surface area contributed by atoms with Crippen LogP contribution < -0.4 is 5.32 Å². The molecule has 0 aromatic carbocycles. The summed E-state index contributed by atoms with van der Waals surface area (Å²) in [5, 5.41) is 5.88. The smallest absolute Gasteiger partial charge is 0.0509 e. The van der Waals surface area contributed by atoms with Crippen molar-refractivity contribution < 1.29 is 0 Å². The van der Waals surface area contributed by atoms with Crippen molar-refractivity contribution in [3.8, 4) is 0 Å². The monoisotopic (exact) mass is 271 g/mol. The van der Waals surface area contributed by atoms with Gasteiger partial charge in [-0.1, -0.05) is 20.8 Å². The molecule has 17 heavy (non-hydrogen) atoms. The number of aryl methyl sites for hydroxylation is 1. The standard InChI is InChI=1S/C14H25NS2/c1-5-7-15-13(10-16-9-11(2)3)14-12(4)6-8-17-14/h6,8,11,13,15H,5,7,9-10H2,1-4H3. The highest BCUT2D eigenvalue weighted by molar-refractivity contribution is 7.99. The second kappa shape index (κ2) is 8.17. The molecular weight excluding hydrogens is 246 g/mol. The highest BCUT2D eigenvalue weighted by Gasteiger charge is 2.14. The zero-order valence-electron chi connectivity index (χ0n) is 11.5. The molecule has 0 aliphatic carbocycles. The fourth-order valence-electron chi connectivity index (χ4n) is 1.71. The van der Waals surface area contributed by atoms with Gasteiger partial charge in [-0.3, -0.25) is 0 Å². The first-order chi connectivity index (χ1) is 8.15. The van der Waals surface area contributed by atoms with Crippen LogP contribution in [-0.2, 0) is 0 Å². The van der Waals surface area contributed by atoms with Gasteiger partial charge in [-0.05, 0) is 48.6 Å². The van der Waals surface area contributed by atoms with Crippen molar-refractivity contribution in [1.82, 2.24) is 5.32 Å². The molecule has 1 aromatic heterocycles. The van der Waals surface area contributed by atoms with E-state index in [-0.39, 0.29) is 0 Å². The molecule has 0 saturated heterocycles. The minimum Gasteiger partial charge on any atom is -0.309 e. The van der Waals surface area contributed by atoms with Gasteiger partial charge in [0.25, 0.3) is 0 Å². The predicted octanol–water partition coefficient (Wildman–Crippen LogP) is 4.49. The molecule has 0 fully saturated rings. The number of hydrogen-bond donors (Lipinski definition) is 1. The van der Waals surface area contributed by atoms with E-state index in [2.05, 4.69) is 56.2 Å². The Morgan fingerprint density at radius 1 is 1.35 bits per heavy atom. The van der Waals surface area contributed by atoms with E-state index in [0.717, 1.165) is 12.5 Å². The van der Waals surface area contributed by atoms with Gasteiger partial charge in [0.05, 0.1) is 6.04 Å². The summed E-state index contributed by atoms with van der Waals surface area (Å²) in [6.07, 6.45) is 1.20. The number of hydrogen-bond acceptors (Lipinski definition) is 3. The van der Waals surface area contributed by atoms with Crippen LogP contribution in [0.15, 0.2) is 11.4 Å². The molecule has 0 saturated carbocycles. The lowest BCUT2D eigenvalue weighted by molar-refractivity contribution is 0.582. The first-order valence-corrected chi connectivity index (χ1v) is 8.53. The Morgan fingerprint density at radius 3 is 2.65 bits per heavy atom. The number of thiophene rings is 1. The summed E-state index contributed by atoms with van der Waals surface area (Å²) in [6, 6.07) is 2.77. The second-order valence-electron chi connectivity index (χ2n) is 4.91. The summed E-state index contributed by atoms with van der Waals surface area (Å²) >= 11 is 3.96. The fourth-order valence-corrected chi connectivity index (χ4v) is 3.95. The highest BCUT2D eigenvalue weighted by atomic mass is 32.2. The molecule has 0 aliphatic heterocycles. The van der Waals surface area contributed by atoms with E-state index in [1.54, 1.807) is 0 Å². The lowest BCUT2D eigenvalue weighted by atomic mass is 10.2. The van der Waals surface area contributed by atoms with Crippen LogP contribution in [0, 0.1) is 12.8 Å². The summed E-state index contributed by atoms with van der Waals surface area (Å²) in [5.74, 6) is 3.24. The normalized spacial score (nSPS) is 13.2. The maximum absolute atomic E-state index is 3.68. The quantitative estimate of drug-likeness (QED) is 0.748. The molecule has 1 heterocycles. The van der Waals surface area contributed by atoms with Crippen molar-refractivity contribution in [2.75, 3.05) is 18.1 Å². The van der Waals surface area contributed by atoms with Gasteiger partial charge < -0.3 is 5.32 Å². The Balaban J connectivity index is 2.52. The molecule has 0 spiro atoms. The molecule has 1 aromatic rings. The molecule has 1 N–H and O–H groups in total. The SMILES string of the molecule is CCCNC(CSCC(C)C)c1sccc1C. The largest absolute Gasteiger partial charge is 0.309 e. The number of thioether (sulfide) groups is 1. The maximum Gasteiger partial charge on any atom is 0.0509 e. The van der Waals surface area contributed by atoms with Crippen LogP contribution in [-0.4, -0.2) is 18.1 Å². The van der Waals surface area contributed by atoms with Gasteiger partial charge in [-0.2, -0.15) is 11.8 Å². The van der Waals surface area contributed by atoms with E-state index in [1.807, 2.05) is 11.3 Å². The van der Waals surface area contributed by atoms with Crippen LogP contribution in [0.3, 0.4) is 0 Å². The van der Waals surface area contributed by atoms with Crippen molar-refractivity contribution in [3.63, 3.8) is 0 Å². The Hall–Kier alpha value is 0.0100. The lowest BCUT2D eigenvalue weighted by Crippen LogP contribution is -2.24. The molecule has 3 heteroatoms. The maximum atomic E-state index is 3.68. The first kappa shape index (κ1) is 15.1. The first-order valence-electron chi connectivity index (χ1n) is 6.50. The van der Waals surface area contributed by atoms with Crippen LogP contribution in [0.25, 0.3) is 0 Å². The minimum atomic E-state index is 0.540. The Bertz CT molecular complexity index is 307. The average molecular weight is 271 g/mol. The van der Waals surface area contributed by atoms with Crippen LogP contribution >= 0.6 is 23.1 Å². The van der Waals surface area contributed by atoms with E-state index >= 15 is 0 Å².